The molecule has 0 aromatic heterocycles. The molecule has 4 rings (SSSR count). The van der Waals surface area contributed by atoms with E-state index in [0.29, 0.717) is 19.8 Å². The summed E-state index contributed by atoms with van der Waals surface area (Å²) in [5.41, 5.74) is 2.27. The first-order valence-electron chi connectivity index (χ1n) is 11.1. The Morgan fingerprint density at radius 1 is 0.667 bits per heavy atom. The molecule has 0 unspecified atom stereocenters. The van der Waals surface area contributed by atoms with Gasteiger partial charge in [0, 0.05) is 0 Å². The van der Waals surface area contributed by atoms with E-state index in [0.717, 1.165) is 16.7 Å². The van der Waals surface area contributed by atoms with Gasteiger partial charge < -0.3 is 24.1 Å². The van der Waals surface area contributed by atoms with Gasteiger partial charge in [-0.2, -0.15) is 0 Å². The molecular formula is C27H29ClO5. The van der Waals surface area contributed by atoms with Crippen molar-refractivity contribution in [2.24, 2.45) is 0 Å². The predicted octanol–water partition coefficient (Wildman–Crippen LogP) is 4.70. The highest BCUT2D eigenvalue weighted by atomic mass is 35.5. The maximum absolute atomic E-state index is 11.1. The number of benzene rings is 3. The second-order valence-corrected chi connectivity index (χ2v) is 8.47. The summed E-state index contributed by atoms with van der Waals surface area (Å²) < 4.78 is 24.0. The Bertz CT molecular complexity index is 941. The summed E-state index contributed by atoms with van der Waals surface area (Å²) >= 11 is 6.59. The Hall–Kier alpha value is -2.25. The molecule has 1 aliphatic rings. The zero-order chi connectivity index (χ0) is 22.9. The SMILES string of the molecule is O[C@H]1[C@H](OCc2ccccc2)[C@@H](OCc2ccccc2)[C@@H](Cl)O[C@@H]1COCc1ccccc1. The van der Waals surface area contributed by atoms with Gasteiger partial charge in [-0.1, -0.05) is 103 Å². The lowest BCUT2D eigenvalue weighted by Gasteiger charge is -2.42. The minimum absolute atomic E-state index is 0.190. The second kappa shape index (κ2) is 12.3. The summed E-state index contributed by atoms with van der Waals surface area (Å²) in [6, 6.07) is 29.5. The highest BCUT2D eigenvalue weighted by Gasteiger charge is 2.46. The van der Waals surface area contributed by atoms with E-state index in [1.54, 1.807) is 0 Å². The van der Waals surface area contributed by atoms with Crippen LogP contribution in [0.4, 0.5) is 0 Å². The van der Waals surface area contributed by atoms with Gasteiger partial charge in [0.1, 0.15) is 24.4 Å². The minimum Gasteiger partial charge on any atom is -0.387 e. The second-order valence-electron chi connectivity index (χ2n) is 8.04. The molecule has 3 aromatic rings. The lowest BCUT2D eigenvalue weighted by Crippen LogP contribution is -2.58. The van der Waals surface area contributed by atoms with Crippen LogP contribution in [0, 0.1) is 0 Å². The summed E-state index contributed by atoms with van der Waals surface area (Å²) in [6.45, 7) is 1.28. The molecule has 0 bridgehead atoms. The van der Waals surface area contributed by atoms with Crippen molar-refractivity contribution >= 4 is 11.6 Å². The number of hydrogen-bond donors (Lipinski definition) is 1. The molecule has 5 nitrogen and oxygen atoms in total. The normalized spacial score (nSPS) is 25.1. The van der Waals surface area contributed by atoms with E-state index in [1.165, 1.54) is 0 Å². The maximum atomic E-state index is 11.1. The van der Waals surface area contributed by atoms with Crippen LogP contribution < -0.4 is 0 Å². The van der Waals surface area contributed by atoms with Gasteiger partial charge in [-0.05, 0) is 16.7 Å². The summed E-state index contributed by atoms with van der Waals surface area (Å²) in [5.74, 6) is 0. The predicted molar refractivity (Wildman–Crippen MR) is 127 cm³/mol. The summed E-state index contributed by atoms with van der Waals surface area (Å²) in [6.07, 6.45) is -2.90. The third-order valence-electron chi connectivity index (χ3n) is 5.57. The van der Waals surface area contributed by atoms with E-state index < -0.39 is 30.0 Å². The van der Waals surface area contributed by atoms with Crippen molar-refractivity contribution in [3.8, 4) is 0 Å². The first-order valence-corrected chi connectivity index (χ1v) is 11.5. The molecule has 1 fully saturated rings. The topological polar surface area (TPSA) is 57.2 Å². The average Bonchev–Trinajstić information content (AvgIpc) is 2.86. The van der Waals surface area contributed by atoms with Crippen LogP contribution in [0.1, 0.15) is 16.7 Å². The molecule has 1 N–H and O–H groups in total. The van der Waals surface area contributed by atoms with Crippen molar-refractivity contribution < 1.29 is 24.1 Å². The van der Waals surface area contributed by atoms with Gasteiger partial charge in [-0.3, -0.25) is 0 Å². The molecule has 0 spiro atoms. The lowest BCUT2D eigenvalue weighted by molar-refractivity contribution is -0.242. The van der Waals surface area contributed by atoms with Gasteiger partial charge in [0.25, 0.3) is 0 Å². The number of ether oxygens (including phenoxy) is 4. The first-order chi connectivity index (χ1) is 16.2. The van der Waals surface area contributed by atoms with Crippen LogP contribution in [0.25, 0.3) is 0 Å². The van der Waals surface area contributed by atoms with Gasteiger partial charge in [-0.25, -0.2) is 0 Å². The van der Waals surface area contributed by atoms with Crippen molar-refractivity contribution in [2.45, 2.75) is 49.8 Å². The average molecular weight is 469 g/mol. The monoisotopic (exact) mass is 468 g/mol. The van der Waals surface area contributed by atoms with Gasteiger partial charge in [0.15, 0.2) is 5.56 Å². The lowest BCUT2D eigenvalue weighted by atomic mass is 9.99. The molecular weight excluding hydrogens is 440 g/mol. The van der Waals surface area contributed by atoms with Crippen LogP contribution in [-0.4, -0.2) is 41.7 Å². The first kappa shape index (κ1) is 23.9. The van der Waals surface area contributed by atoms with E-state index in [1.807, 2.05) is 91.0 Å². The van der Waals surface area contributed by atoms with Crippen molar-refractivity contribution in [1.82, 2.24) is 0 Å². The van der Waals surface area contributed by atoms with Crippen molar-refractivity contribution in [2.75, 3.05) is 6.61 Å². The number of aliphatic hydroxyl groups excluding tert-OH is 1. The van der Waals surface area contributed by atoms with E-state index in [4.69, 9.17) is 30.5 Å². The molecule has 3 aromatic carbocycles. The molecule has 174 valence electrons. The van der Waals surface area contributed by atoms with E-state index in [2.05, 4.69) is 0 Å². The van der Waals surface area contributed by atoms with Crippen LogP contribution in [0.3, 0.4) is 0 Å². The molecule has 5 atom stereocenters. The number of alkyl halides is 1. The summed E-state index contributed by atoms with van der Waals surface area (Å²) in [7, 11) is 0. The van der Waals surface area contributed by atoms with Crippen LogP contribution in [-0.2, 0) is 38.8 Å². The number of hydrogen-bond acceptors (Lipinski definition) is 5. The Balaban J connectivity index is 1.41. The molecule has 1 aliphatic heterocycles. The Kier molecular flexibility index (Phi) is 8.89. The fourth-order valence-electron chi connectivity index (χ4n) is 3.78. The van der Waals surface area contributed by atoms with Crippen LogP contribution in [0.5, 0.6) is 0 Å². The molecule has 0 saturated carbocycles. The van der Waals surface area contributed by atoms with E-state index >= 15 is 0 Å². The van der Waals surface area contributed by atoms with Crippen molar-refractivity contribution in [1.29, 1.82) is 0 Å². The Labute approximate surface area is 199 Å². The fraction of sp³-hybridized carbons (Fsp3) is 0.333. The smallest absolute Gasteiger partial charge is 0.160 e. The quantitative estimate of drug-likeness (QED) is 0.437. The van der Waals surface area contributed by atoms with Crippen LogP contribution in [0.15, 0.2) is 91.0 Å². The molecule has 1 heterocycles. The van der Waals surface area contributed by atoms with Gasteiger partial charge in [0.05, 0.1) is 26.4 Å². The fourth-order valence-corrected chi connectivity index (χ4v) is 4.13. The zero-order valence-corrected chi connectivity index (χ0v) is 19.1. The highest BCUT2D eigenvalue weighted by Crippen LogP contribution is 2.30. The van der Waals surface area contributed by atoms with Gasteiger partial charge in [0.2, 0.25) is 0 Å². The van der Waals surface area contributed by atoms with Gasteiger partial charge >= 0.3 is 0 Å². The molecule has 6 heteroatoms. The van der Waals surface area contributed by atoms with Crippen molar-refractivity contribution in [3.05, 3.63) is 108 Å². The third-order valence-corrected chi connectivity index (χ3v) is 5.92. The number of halogens is 1. The summed E-state index contributed by atoms with van der Waals surface area (Å²) in [5, 5.41) is 11.1. The molecule has 33 heavy (non-hydrogen) atoms. The third kappa shape index (κ3) is 6.87. The molecule has 0 radical (unpaired) electrons. The highest BCUT2D eigenvalue weighted by molar-refractivity contribution is 6.20. The van der Waals surface area contributed by atoms with E-state index in [-0.39, 0.29) is 6.61 Å². The zero-order valence-electron chi connectivity index (χ0n) is 18.3. The Morgan fingerprint density at radius 3 is 1.64 bits per heavy atom. The molecule has 1 saturated heterocycles. The molecule has 0 aliphatic carbocycles. The largest absolute Gasteiger partial charge is 0.387 e. The van der Waals surface area contributed by atoms with Crippen molar-refractivity contribution in [3.63, 3.8) is 0 Å². The summed E-state index contributed by atoms with van der Waals surface area (Å²) in [4.78, 5) is 0. The Morgan fingerprint density at radius 2 is 1.12 bits per heavy atom. The molecule has 0 amide bonds. The number of rotatable bonds is 10. The minimum atomic E-state index is -0.958. The van der Waals surface area contributed by atoms with E-state index in [9.17, 15) is 5.11 Å². The van der Waals surface area contributed by atoms with Crippen LogP contribution in [0.2, 0.25) is 0 Å². The van der Waals surface area contributed by atoms with Crippen LogP contribution >= 0.6 is 11.6 Å². The van der Waals surface area contributed by atoms with Gasteiger partial charge in [-0.15, -0.1) is 0 Å². The number of aliphatic hydroxyl groups is 1. The standard InChI is InChI=1S/C27H29ClO5/c28-27-26(32-18-22-14-8-3-9-15-22)25(31-17-21-12-6-2-7-13-21)24(29)23(33-27)19-30-16-20-10-4-1-5-11-20/h1-15,23-27,29H,16-19H2/t23-,24-,25+,26-,27+/m1/s1. The maximum Gasteiger partial charge on any atom is 0.160 e.